The molecule has 3 rings (SSSR count). The van der Waals surface area contributed by atoms with Crippen molar-refractivity contribution < 1.29 is 24.2 Å². The number of carboxylic acid groups (broad SMARTS) is 1. The lowest BCUT2D eigenvalue weighted by Crippen LogP contribution is -2.32. The van der Waals surface area contributed by atoms with Crippen molar-refractivity contribution in [1.82, 2.24) is 5.32 Å². The number of ether oxygens (including phenoxy) is 2. The Kier molecular flexibility index (Phi) is 7.19. The number of hydrogen-bond acceptors (Lipinski definition) is 5. The number of amides is 1. The Labute approximate surface area is 174 Å². The van der Waals surface area contributed by atoms with Crippen molar-refractivity contribution in [3.8, 4) is 11.8 Å². The molecule has 7 heteroatoms. The molecular weight excluding hydrogens is 384 g/mol. The van der Waals surface area contributed by atoms with Gasteiger partial charge in [-0.2, -0.15) is 5.26 Å². The molecule has 0 aromatic heterocycles. The van der Waals surface area contributed by atoms with Gasteiger partial charge in [-0.25, -0.2) is 4.79 Å². The van der Waals surface area contributed by atoms with E-state index >= 15 is 0 Å². The third-order valence-electron chi connectivity index (χ3n) is 4.65. The van der Waals surface area contributed by atoms with E-state index in [1.54, 1.807) is 42.5 Å². The topological polar surface area (TPSA) is 109 Å². The van der Waals surface area contributed by atoms with E-state index in [4.69, 9.17) is 14.6 Å². The highest BCUT2D eigenvalue weighted by molar-refractivity contribution is 6.01. The Bertz CT molecular complexity index is 970. The predicted octanol–water partition coefficient (Wildman–Crippen LogP) is 3.17. The van der Waals surface area contributed by atoms with Gasteiger partial charge in [0.1, 0.15) is 24.0 Å². The van der Waals surface area contributed by atoms with Crippen LogP contribution in [0.3, 0.4) is 0 Å². The van der Waals surface area contributed by atoms with Crippen molar-refractivity contribution in [2.24, 2.45) is 0 Å². The second kappa shape index (κ2) is 10.2. The number of rotatable bonds is 8. The molecule has 0 bridgehead atoms. The first-order valence-corrected chi connectivity index (χ1v) is 9.62. The van der Waals surface area contributed by atoms with Gasteiger partial charge >= 0.3 is 5.97 Å². The fourth-order valence-electron chi connectivity index (χ4n) is 3.04. The van der Waals surface area contributed by atoms with Crippen LogP contribution < -0.4 is 10.1 Å². The number of carbonyl (C=O) groups is 2. The molecule has 30 heavy (non-hydrogen) atoms. The summed E-state index contributed by atoms with van der Waals surface area (Å²) in [4.78, 5) is 23.2. The monoisotopic (exact) mass is 406 g/mol. The molecule has 1 amide bonds. The fourth-order valence-corrected chi connectivity index (χ4v) is 3.04. The molecule has 2 aromatic rings. The van der Waals surface area contributed by atoms with Gasteiger partial charge < -0.3 is 19.9 Å². The third-order valence-corrected chi connectivity index (χ3v) is 4.65. The van der Waals surface area contributed by atoms with Crippen LogP contribution in [-0.4, -0.2) is 36.2 Å². The van der Waals surface area contributed by atoms with E-state index in [9.17, 15) is 14.9 Å². The third kappa shape index (κ3) is 5.93. The number of benzene rings is 2. The van der Waals surface area contributed by atoms with Gasteiger partial charge in [0.2, 0.25) is 0 Å². The van der Waals surface area contributed by atoms with E-state index in [0.717, 1.165) is 18.4 Å². The van der Waals surface area contributed by atoms with E-state index in [1.807, 2.05) is 6.07 Å². The minimum Gasteiger partial charge on any atom is -0.489 e. The molecule has 0 unspecified atom stereocenters. The van der Waals surface area contributed by atoms with Crippen LogP contribution in [0.4, 0.5) is 0 Å². The summed E-state index contributed by atoms with van der Waals surface area (Å²) < 4.78 is 11.1. The van der Waals surface area contributed by atoms with Gasteiger partial charge in [-0.05, 0) is 54.3 Å². The Balaban J connectivity index is 1.57. The molecule has 0 saturated carbocycles. The molecule has 0 radical (unpaired) electrons. The van der Waals surface area contributed by atoms with Gasteiger partial charge in [-0.3, -0.25) is 4.79 Å². The van der Waals surface area contributed by atoms with Gasteiger partial charge in [0.05, 0.1) is 11.7 Å². The number of carboxylic acids is 1. The van der Waals surface area contributed by atoms with Gasteiger partial charge in [0.25, 0.3) is 5.91 Å². The highest BCUT2D eigenvalue weighted by Crippen LogP contribution is 2.17. The SMILES string of the molecule is N#C/C(=C/c1ccc(OCc2cccc(C(=O)O)c2)cc1)C(=O)NC[C@@H]1CCCO1. The van der Waals surface area contributed by atoms with Crippen molar-refractivity contribution in [1.29, 1.82) is 5.26 Å². The molecule has 0 spiro atoms. The van der Waals surface area contributed by atoms with Crippen LogP contribution in [0.15, 0.2) is 54.1 Å². The second-order valence-electron chi connectivity index (χ2n) is 6.88. The summed E-state index contributed by atoms with van der Waals surface area (Å²) in [6, 6.07) is 15.4. The lowest BCUT2D eigenvalue weighted by atomic mass is 10.1. The zero-order valence-corrected chi connectivity index (χ0v) is 16.3. The van der Waals surface area contributed by atoms with E-state index in [2.05, 4.69) is 5.32 Å². The van der Waals surface area contributed by atoms with Crippen molar-refractivity contribution in [2.45, 2.75) is 25.6 Å². The van der Waals surface area contributed by atoms with Crippen LogP contribution in [-0.2, 0) is 16.1 Å². The van der Waals surface area contributed by atoms with Crippen LogP contribution in [0.1, 0.15) is 34.3 Å². The average molecular weight is 406 g/mol. The summed E-state index contributed by atoms with van der Waals surface area (Å²) in [6.07, 6.45) is 3.43. The van der Waals surface area contributed by atoms with Crippen LogP contribution in [0.25, 0.3) is 6.08 Å². The number of aromatic carboxylic acids is 1. The molecule has 2 N–H and O–H groups in total. The summed E-state index contributed by atoms with van der Waals surface area (Å²) in [5.74, 6) is -0.818. The van der Waals surface area contributed by atoms with E-state index in [-0.39, 0.29) is 23.8 Å². The van der Waals surface area contributed by atoms with E-state index < -0.39 is 11.9 Å². The molecule has 1 aliphatic heterocycles. The maximum Gasteiger partial charge on any atom is 0.335 e. The normalized spacial score (nSPS) is 16.0. The molecule has 0 aliphatic carbocycles. The maximum absolute atomic E-state index is 12.2. The average Bonchev–Trinajstić information content (AvgIpc) is 3.29. The minimum atomic E-state index is -0.985. The predicted molar refractivity (Wildman–Crippen MR) is 110 cm³/mol. The van der Waals surface area contributed by atoms with Crippen LogP contribution >= 0.6 is 0 Å². The van der Waals surface area contributed by atoms with Crippen LogP contribution in [0, 0.1) is 11.3 Å². The number of carbonyl (C=O) groups excluding carboxylic acids is 1. The molecule has 1 fully saturated rings. The molecule has 154 valence electrons. The standard InChI is InChI=1S/C23H22N2O5/c24-13-19(22(26)25-14-21-5-2-10-29-21)11-16-6-8-20(9-7-16)30-15-17-3-1-4-18(12-17)23(27)28/h1,3-4,6-9,11-12,21H,2,5,10,14-15H2,(H,25,26)(H,27,28)/b19-11-/t21-/m0/s1. The summed E-state index contributed by atoms with van der Waals surface area (Å²) in [5.41, 5.74) is 1.66. The maximum atomic E-state index is 12.2. The van der Waals surface area contributed by atoms with Crippen molar-refractivity contribution in [2.75, 3.05) is 13.2 Å². The molecule has 2 aromatic carbocycles. The molecule has 7 nitrogen and oxygen atoms in total. The van der Waals surface area contributed by atoms with Gasteiger partial charge in [-0.1, -0.05) is 24.3 Å². The Hall–Kier alpha value is -3.63. The zero-order valence-electron chi connectivity index (χ0n) is 16.3. The first kappa shape index (κ1) is 21.1. The zero-order chi connectivity index (χ0) is 21.3. The molecule has 1 aliphatic rings. The lowest BCUT2D eigenvalue weighted by molar-refractivity contribution is -0.117. The van der Waals surface area contributed by atoms with Crippen molar-refractivity contribution in [3.05, 3.63) is 70.8 Å². The van der Waals surface area contributed by atoms with E-state index in [0.29, 0.717) is 24.5 Å². The minimum absolute atomic E-state index is 0.0153. The molecular formula is C23H22N2O5. The molecule has 1 saturated heterocycles. The van der Waals surface area contributed by atoms with Gasteiger partial charge in [0.15, 0.2) is 0 Å². The lowest BCUT2D eigenvalue weighted by Gasteiger charge is -2.10. The quantitative estimate of drug-likeness (QED) is 0.515. The number of nitrogens with zero attached hydrogens (tertiary/aromatic N) is 1. The largest absolute Gasteiger partial charge is 0.489 e. The smallest absolute Gasteiger partial charge is 0.335 e. The molecule has 1 heterocycles. The highest BCUT2D eigenvalue weighted by atomic mass is 16.5. The Morgan fingerprint density at radius 1 is 1.27 bits per heavy atom. The summed E-state index contributed by atoms with van der Waals surface area (Å²) in [6.45, 7) is 1.33. The first-order chi connectivity index (χ1) is 14.5. The number of nitrogens with one attached hydrogen (secondary N) is 1. The number of nitriles is 1. The Morgan fingerprint density at radius 3 is 2.73 bits per heavy atom. The van der Waals surface area contributed by atoms with Gasteiger partial charge in [0, 0.05) is 13.2 Å². The summed E-state index contributed by atoms with van der Waals surface area (Å²) in [5, 5.41) is 21.1. The van der Waals surface area contributed by atoms with E-state index in [1.165, 1.54) is 12.1 Å². The van der Waals surface area contributed by atoms with Crippen LogP contribution in [0.5, 0.6) is 5.75 Å². The van der Waals surface area contributed by atoms with Gasteiger partial charge in [-0.15, -0.1) is 0 Å². The van der Waals surface area contributed by atoms with Crippen LogP contribution in [0.2, 0.25) is 0 Å². The highest BCUT2D eigenvalue weighted by Gasteiger charge is 2.17. The molecule has 1 atom stereocenters. The number of hydrogen-bond donors (Lipinski definition) is 2. The Morgan fingerprint density at radius 2 is 2.07 bits per heavy atom. The van der Waals surface area contributed by atoms with Crippen molar-refractivity contribution >= 4 is 18.0 Å². The first-order valence-electron chi connectivity index (χ1n) is 9.62. The van der Waals surface area contributed by atoms with Crippen molar-refractivity contribution in [3.63, 3.8) is 0 Å². The summed E-state index contributed by atoms with van der Waals surface area (Å²) in [7, 11) is 0. The second-order valence-corrected chi connectivity index (χ2v) is 6.88. The fraction of sp³-hybridized carbons (Fsp3) is 0.261. The summed E-state index contributed by atoms with van der Waals surface area (Å²) >= 11 is 0.